The fraction of sp³-hybridized carbons (Fsp3) is 0. The number of fused-ring (bicyclic) bond motifs is 1. The summed E-state index contributed by atoms with van der Waals surface area (Å²) in [5.74, 6) is 0.530. The topological polar surface area (TPSA) is 47.3 Å². The van der Waals surface area contributed by atoms with E-state index in [1.807, 2.05) is 35.7 Å². The summed E-state index contributed by atoms with van der Waals surface area (Å²) in [7, 11) is 0. The Balaban J connectivity index is 1.84. The Morgan fingerprint density at radius 2 is 2.00 bits per heavy atom. The summed E-state index contributed by atoms with van der Waals surface area (Å²) in [6.07, 6.45) is 1.87. The minimum Gasteiger partial charge on any atom is -0.266 e. The van der Waals surface area contributed by atoms with E-state index in [4.69, 9.17) is 11.6 Å². The van der Waals surface area contributed by atoms with Gasteiger partial charge in [0.2, 0.25) is 4.96 Å². The first-order valence-corrected chi connectivity index (χ1v) is 8.49. The molecule has 0 aliphatic rings. The third kappa shape index (κ3) is 2.35. The highest BCUT2D eigenvalue weighted by Crippen LogP contribution is 2.19. The summed E-state index contributed by atoms with van der Waals surface area (Å²) in [6.45, 7) is 0. The van der Waals surface area contributed by atoms with Gasteiger partial charge in [0.05, 0.1) is 4.53 Å². The summed E-state index contributed by atoms with van der Waals surface area (Å²) in [4.78, 5) is 18.4. The van der Waals surface area contributed by atoms with Gasteiger partial charge >= 0.3 is 0 Å². The molecule has 3 aromatic heterocycles. The van der Waals surface area contributed by atoms with Crippen molar-refractivity contribution in [3.63, 3.8) is 0 Å². The van der Waals surface area contributed by atoms with Crippen LogP contribution in [0.1, 0.15) is 4.88 Å². The molecule has 0 radical (unpaired) electrons. The Morgan fingerprint density at radius 3 is 2.68 bits per heavy atom. The number of thiophene rings is 1. The van der Waals surface area contributed by atoms with Crippen LogP contribution < -0.4 is 10.1 Å². The third-order valence-electron chi connectivity index (χ3n) is 3.10. The lowest BCUT2D eigenvalue weighted by molar-refractivity contribution is 0.937. The lowest BCUT2D eigenvalue weighted by Crippen LogP contribution is -2.23. The van der Waals surface area contributed by atoms with Crippen molar-refractivity contribution in [2.45, 2.75) is 0 Å². The van der Waals surface area contributed by atoms with Gasteiger partial charge in [-0.25, -0.2) is 0 Å². The fourth-order valence-electron chi connectivity index (χ4n) is 2.06. The highest BCUT2D eigenvalue weighted by atomic mass is 35.5. The Labute approximate surface area is 137 Å². The summed E-state index contributed by atoms with van der Waals surface area (Å²) in [5, 5.41) is 6.94. The second-order valence-electron chi connectivity index (χ2n) is 4.57. The van der Waals surface area contributed by atoms with Crippen molar-refractivity contribution in [1.82, 2.24) is 14.6 Å². The normalized spacial score (nSPS) is 12.3. The van der Waals surface area contributed by atoms with Gasteiger partial charge in [-0.05, 0) is 41.8 Å². The molecule has 0 saturated heterocycles. The number of hydrogen-bond donors (Lipinski definition) is 0. The van der Waals surface area contributed by atoms with E-state index in [1.54, 1.807) is 23.5 Å². The predicted molar refractivity (Wildman–Crippen MR) is 90.7 cm³/mol. The van der Waals surface area contributed by atoms with E-state index in [2.05, 4.69) is 10.1 Å². The van der Waals surface area contributed by atoms with E-state index in [0.717, 1.165) is 10.4 Å². The molecule has 0 N–H and O–H groups in total. The molecule has 4 nitrogen and oxygen atoms in total. The zero-order valence-corrected chi connectivity index (χ0v) is 13.5. The Hall–Kier alpha value is -2.02. The van der Waals surface area contributed by atoms with E-state index >= 15 is 0 Å². The molecule has 4 rings (SSSR count). The molecule has 0 spiro atoms. The number of nitrogens with zero attached hydrogens (tertiary/aromatic N) is 3. The van der Waals surface area contributed by atoms with Crippen molar-refractivity contribution in [3.8, 4) is 11.4 Å². The first-order valence-electron chi connectivity index (χ1n) is 6.41. The van der Waals surface area contributed by atoms with Crippen molar-refractivity contribution < 1.29 is 0 Å². The summed E-state index contributed by atoms with van der Waals surface area (Å²) in [5.41, 5.74) is 0.699. The molecule has 22 heavy (non-hydrogen) atoms. The molecule has 3 heterocycles. The molecular formula is C15H8ClN3OS2. The van der Waals surface area contributed by atoms with E-state index in [-0.39, 0.29) is 5.56 Å². The van der Waals surface area contributed by atoms with Crippen molar-refractivity contribution in [2.75, 3.05) is 0 Å². The van der Waals surface area contributed by atoms with Gasteiger partial charge in [-0.2, -0.15) is 9.50 Å². The maximum atomic E-state index is 12.4. The van der Waals surface area contributed by atoms with E-state index in [0.29, 0.717) is 20.3 Å². The van der Waals surface area contributed by atoms with E-state index < -0.39 is 0 Å². The quantitative estimate of drug-likeness (QED) is 0.561. The van der Waals surface area contributed by atoms with Gasteiger partial charge in [0, 0.05) is 15.5 Å². The molecule has 0 aliphatic heterocycles. The van der Waals surface area contributed by atoms with Gasteiger partial charge in [-0.15, -0.1) is 16.4 Å². The van der Waals surface area contributed by atoms with Gasteiger partial charge in [0.1, 0.15) is 0 Å². The van der Waals surface area contributed by atoms with Crippen LogP contribution in [-0.2, 0) is 0 Å². The van der Waals surface area contributed by atoms with Crippen LogP contribution >= 0.6 is 34.3 Å². The van der Waals surface area contributed by atoms with Crippen molar-refractivity contribution in [3.05, 3.63) is 66.6 Å². The lowest BCUT2D eigenvalue weighted by atomic mass is 10.2. The van der Waals surface area contributed by atoms with Crippen molar-refractivity contribution >= 4 is 45.3 Å². The van der Waals surface area contributed by atoms with Crippen LogP contribution in [0.15, 0.2) is 46.6 Å². The average molecular weight is 346 g/mol. The molecule has 4 aromatic rings. The molecule has 108 valence electrons. The van der Waals surface area contributed by atoms with Crippen LogP contribution in [0.25, 0.3) is 22.4 Å². The second-order valence-corrected chi connectivity index (χ2v) is 6.99. The third-order valence-corrected chi connectivity index (χ3v) is 5.13. The molecule has 7 heteroatoms. The highest BCUT2D eigenvalue weighted by Gasteiger charge is 2.11. The molecular weight excluding hydrogens is 338 g/mol. The Morgan fingerprint density at radius 1 is 1.18 bits per heavy atom. The van der Waals surface area contributed by atoms with Gasteiger partial charge in [-0.3, -0.25) is 4.79 Å². The largest absolute Gasteiger partial charge is 0.291 e. The maximum Gasteiger partial charge on any atom is 0.291 e. The van der Waals surface area contributed by atoms with E-state index in [9.17, 15) is 4.79 Å². The Kier molecular flexibility index (Phi) is 3.29. The first kappa shape index (κ1) is 13.6. The Bertz CT molecular complexity index is 1050. The summed E-state index contributed by atoms with van der Waals surface area (Å²) in [6, 6.07) is 11.2. The number of hydrogen-bond acceptors (Lipinski definition) is 5. The number of halogens is 1. The van der Waals surface area contributed by atoms with Gasteiger partial charge in [0.25, 0.3) is 5.56 Å². The molecule has 0 bridgehead atoms. The van der Waals surface area contributed by atoms with Crippen LogP contribution in [0.5, 0.6) is 0 Å². The van der Waals surface area contributed by atoms with Crippen LogP contribution in [-0.4, -0.2) is 14.6 Å². The fourth-order valence-corrected chi connectivity index (χ4v) is 3.81. The SMILES string of the molecule is O=c1/c(=C\c2cccs2)sc2nc(-c3ccc(Cl)cc3)nn12. The summed E-state index contributed by atoms with van der Waals surface area (Å²) < 4.78 is 1.99. The number of benzene rings is 1. The highest BCUT2D eigenvalue weighted by molar-refractivity contribution is 7.15. The van der Waals surface area contributed by atoms with E-state index in [1.165, 1.54) is 15.9 Å². The molecule has 0 amide bonds. The zero-order chi connectivity index (χ0) is 15.1. The number of aromatic nitrogens is 3. The standard InChI is InChI=1S/C15H8ClN3OS2/c16-10-5-3-9(4-6-10)13-17-15-19(18-13)14(20)12(22-15)8-11-2-1-7-21-11/h1-8H/b12-8+. The van der Waals surface area contributed by atoms with Gasteiger partial charge < -0.3 is 0 Å². The molecule has 0 unspecified atom stereocenters. The molecule has 0 aliphatic carbocycles. The minimum atomic E-state index is -0.138. The zero-order valence-electron chi connectivity index (χ0n) is 11.1. The van der Waals surface area contributed by atoms with Crippen LogP contribution in [0, 0.1) is 0 Å². The van der Waals surface area contributed by atoms with Gasteiger partial charge in [-0.1, -0.05) is 29.0 Å². The maximum absolute atomic E-state index is 12.4. The lowest BCUT2D eigenvalue weighted by Gasteiger charge is -1.93. The molecule has 1 aromatic carbocycles. The van der Waals surface area contributed by atoms with Crippen LogP contribution in [0.4, 0.5) is 0 Å². The molecule has 0 fully saturated rings. The smallest absolute Gasteiger partial charge is 0.266 e. The molecule has 0 saturated carbocycles. The van der Waals surface area contributed by atoms with Crippen molar-refractivity contribution in [2.24, 2.45) is 0 Å². The van der Waals surface area contributed by atoms with Gasteiger partial charge in [0.15, 0.2) is 5.82 Å². The monoisotopic (exact) mass is 345 g/mol. The minimum absolute atomic E-state index is 0.138. The first-order chi connectivity index (χ1) is 10.7. The van der Waals surface area contributed by atoms with Crippen LogP contribution in [0.2, 0.25) is 5.02 Å². The summed E-state index contributed by atoms with van der Waals surface area (Å²) >= 11 is 8.81. The van der Waals surface area contributed by atoms with Crippen molar-refractivity contribution in [1.29, 1.82) is 0 Å². The molecule has 0 atom stereocenters. The number of thiazole rings is 1. The number of rotatable bonds is 2. The average Bonchev–Trinajstić information content (AvgIpc) is 3.21. The second kappa shape index (κ2) is 5.31. The predicted octanol–water partition coefficient (Wildman–Crippen LogP) is 3.08. The van der Waals surface area contributed by atoms with Crippen LogP contribution in [0.3, 0.4) is 0 Å².